The average molecular weight is 633 g/mol. The van der Waals surface area contributed by atoms with Gasteiger partial charge in [0, 0.05) is 31.8 Å². The minimum absolute atomic E-state index is 0.113. The minimum Gasteiger partial charge on any atom is -0.494 e. The van der Waals surface area contributed by atoms with E-state index in [-0.39, 0.29) is 6.10 Å². The van der Waals surface area contributed by atoms with Crippen molar-refractivity contribution in [2.45, 2.75) is 63.4 Å². The topological polar surface area (TPSA) is 106 Å². The summed E-state index contributed by atoms with van der Waals surface area (Å²) in [7, 11) is 2.96. The van der Waals surface area contributed by atoms with Gasteiger partial charge in [-0.05, 0) is 74.3 Å². The Bertz CT molecular complexity index is 1710. The molecule has 10 nitrogen and oxygen atoms in total. The van der Waals surface area contributed by atoms with E-state index < -0.39 is 11.8 Å². The van der Waals surface area contributed by atoms with Crippen LogP contribution < -0.4 is 19.5 Å². The summed E-state index contributed by atoms with van der Waals surface area (Å²) >= 11 is 6.06. The van der Waals surface area contributed by atoms with Gasteiger partial charge < -0.3 is 33.6 Å². The number of methoxy groups -OCH3 is 2. The van der Waals surface area contributed by atoms with Crippen molar-refractivity contribution < 1.29 is 28.5 Å². The summed E-state index contributed by atoms with van der Waals surface area (Å²) in [4.78, 5) is 21.8. The molecular weight excluding hydrogens is 596 g/mol. The number of anilines is 1. The number of nitrogens with zero attached hydrogens (tertiary/aromatic N) is 3. The van der Waals surface area contributed by atoms with Gasteiger partial charge in [0.2, 0.25) is 5.95 Å². The second-order valence-corrected chi connectivity index (χ2v) is 12.6. The van der Waals surface area contributed by atoms with Crippen LogP contribution in [0.2, 0.25) is 5.02 Å². The third-order valence-electron chi connectivity index (χ3n) is 9.28. The number of pyridine rings is 1. The molecule has 0 bridgehead atoms. The fourth-order valence-corrected chi connectivity index (χ4v) is 6.78. The zero-order valence-corrected chi connectivity index (χ0v) is 26.4. The second kappa shape index (κ2) is 12.1. The number of carbonyl (C=O) groups is 1. The summed E-state index contributed by atoms with van der Waals surface area (Å²) in [5, 5.41) is 4.20. The van der Waals surface area contributed by atoms with Crippen molar-refractivity contribution in [1.82, 2.24) is 14.5 Å². The van der Waals surface area contributed by atoms with Crippen molar-refractivity contribution >= 4 is 34.6 Å². The molecule has 2 atom stereocenters. The second-order valence-electron chi connectivity index (χ2n) is 12.1. The number of carbonyl (C=O) groups excluding carboxylic acids is 1. The molecule has 2 aromatic heterocycles. The molecule has 7 rings (SSSR count). The van der Waals surface area contributed by atoms with Crippen molar-refractivity contribution in [2.75, 3.05) is 32.7 Å². The molecule has 1 saturated carbocycles. The molecule has 0 spiro atoms. The molecule has 236 valence electrons. The Hall–Kier alpha value is -4.02. The fourth-order valence-electron chi connectivity index (χ4n) is 6.67. The first-order chi connectivity index (χ1) is 21.8. The van der Waals surface area contributed by atoms with E-state index in [0.717, 1.165) is 68.2 Å². The van der Waals surface area contributed by atoms with Gasteiger partial charge in [0.05, 0.1) is 43.0 Å². The first-order valence-electron chi connectivity index (χ1n) is 15.5. The monoisotopic (exact) mass is 632 g/mol. The van der Waals surface area contributed by atoms with Crippen LogP contribution in [0.4, 0.5) is 5.95 Å². The molecule has 0 amide bonds. The lowest BCUT2D eigenvalue weighted by atomic mass is 9.78. The Morgan fingerprint density at radius 1 is 1.11 bits per heavy atom. The van der Waals surface area contributed by atoms with Crippen LogP contribution in [-0.4, -0.2) is 54.0 Å². The van der Waals surface area contributed by atoms with Gasteiger partial charge in [0.25, 0.3) is 5.79 Å². The standard InChI is InChI=1S/C34H37ClN4O6/c1-34(29-12-11-23(35)18-36-29)44-27-6-4-5-25(31(27)45-34)21-9-7-20(8-10-21)17-37-33-38-30-26(39(33)19-24-13-14-43-24)15-22(32(40)42-3)16-28(30)41-2/h4-6,11-12,15-16,18,20-21,24H,7-10,13-14,17,19H2,1-3H3,(H,37,38)/t20?,21?,24-,34-/m0/s1. The van der Waals surface area contributed by atoms with Gasteiger partial charge in [0.15, 0.2) is 11.5 Å². The quantitative estimate of drug-likeness (QED) is 0.202. The molecule has 45 heavy (non-hydrogen) atoms. The van der Waals surface area contributed by atoms with Crippen LogP contribution >= 0.6 is 11.6 Å². The lowest BCUT2D eigenvalue weighted by molar-refractivity contribution is -0.0722. The zero-order valence-electron chi connectivity index (χ0n) is 25.7. The van der Waals surface area contributed by atoms with E-state index in [1.54, 1.807) is 25.4 Å². The van der Waals surface area contributed by atoms with E-state index in [1.807, 2.05) is 31.2 Å². The minimum atomic E-state index is -1.000. The lowest BCUT2D eigenvalue weighted by Crippen LogP contribution is -2.32. The van der Waals surface area contributed by atoms with Crippen LogP contribution in [0.25, 0.3) is 11.0 Å². The number of rotatable bonds is 9. The van der Waals surface area contributed by atoms with Gasteiger partial charge >= 0.3 is 5.97 Å². The van der Waals surface area contributed by atoms with Crippen LogP contribution in [0.3, 0.4) is 0 Å². The molecular formula is C34H37ClN4O6. The number of esters is 1. The maximum Gasteiger partial charge on any atom is 0.338 e. The third-order valence-corrected chi connectivity index (χ3v) is 9.50. The highest BCUT2D eigenvalue weighted by Crippen LogP contribution is 2.50. The third kappa shape index (κ3) is 5.66. The van der Waals surface area contributed by atoms with Crippen LogP contribution in [0.15, 0.2) is 48.7 Å². The molecule has 2 fully saturated rings. The maximum atomic E-state index is 12.4. The molecule has 1 aliphatic carbocycles. The van der Waals surface area contributed by atoms with Crippen LogP contribution in [-0.2, 0) is 21.8 Å². The van der Waals surface area contributed by atoms with Gasteiger partial charge in [0.1, 0.15) is 17.0 Å². The number of hydrogen-bond acceptors (Lipinski definition) is 9. The van der Waals surface area contributed by atoms with E-state index >= 15 is 0 Å². The largest absolute Gasteiger partial charge is 0.494 e. The number of aromatic nitrogens is 3. The fraction of sp³-hybridized carbons (Fsp3) is 0.441. The van der Waals surface area contributed by atoms with Gasteiger partial charge in [-0.2, -0.15) is 0 Å². The van der Waals surface area contributed by atoms with Crippen molar-refractivity contribution in [3.8, 4) is 17.2 Å². The number of fused-ring (bicyclic) bond motifs is 2. The predicted molar refractivity (Wildman–Crippen MR) is 169 cm³/mol. The number of benzene rings is 2. The molecule has 2 aliphatic heterocycles. The van der Waals surface area contributed by atoms with Gasteiger partial charge in [-0.1, -0.05) is 23.7 Å². The Balaban J connectivity index is 1.05. The van der Waals surface area contributed by atoms with Crippen LogP contribution in [0, 0.1) is 5.92 Å². The van der Waals surface area contributed by atoms with Gasteiger partial charge in [-0.25, -0.2) is 9.78 Å². The van der Waals surface area contributed by atoms with Crippen molar-refractivity contribution in [3.05, 3.63) is 70.5 Å². The number of ether oxygens (including phenoxy) is 5. The molecule has 2 aromatic carbocycles. The SMILES string of the molecule is COC(=O)c1cc(OC)c2nc(NCC3CCC(c4cccc5c4O[C@@](C)(c4ccc(Cl)cn4)O5)CC3)n(C[C@@H]3CCO3)c2c1. The number of imidazole rings is 1. The Morgan fingerprint density at radius 2 is 1.93 bits per heavy atom. The zero-order chi connectivity index (χ0) is 31.1. The summed E-state index contributed by atoms with van der Waals surface area (Å²) < 4.78 is 31.2. The average Bonchev–Trinajstić information content (AvgIpc) is 3.58. The maximum absolute atomic E-state index is 12.4. The van der Waals surface area contributed by atoms with Gasteiger partial charge in [-0.15, -0.1) is 0 Å². The smallest absolute Gasteiger partial charge is 0.338 e. The summed E-state index contributed by atoms with van der Waals surface area (Å²) in [5.74, 6) is 2.29. The number of halogens is 1. The summed E-state index contributed by atoms with van der Waals surface area (Å²) in [6.07, 6.45) is 6.95. The van der Waals surface area contributed by atoms with E-state index in [9.17, 15) is 4.79 Å². The molecule has 0 unspecified atom stereocenters. The van der Waals surface area contributed by atoms with E-state index in [1.165, 1.54) is 12.7 Å². The van der Waals surface area contributed by atoms with E-state index in [4.69, 9.17) is 40.3 Å². The highest BCUT2D eigenvalue weighted by molar-refractivity contribution is 6.30. The molecule has 11 heteroatoms. The highest BCUT2D eigenvalue weighted by atomic mass is 35.5. The van der Waals surface area contributed by atoms with Gasteiger partial charge in [-0.3, -0.25) is 4.98 Å². The molecule has 3 aliphatic rings. The molecule has 1 saturated heterocycles. The molecule has 4 heterocycles. The van der Waals surface area contributed by atoms with Crippen molar-refractivity contribution in [2.24, 2.45) is 5.92 Å². The Kier molecular flexibility index (Phi) is 7.95. The Morgan fingerprint density at radius 3 is 2.62 bits per heavy atom. The highest BCUT2D eigenvalue weighted by Gasteiger charge is 2.42. The molecule has 0 radical (unpaired) electrons. The number of nitrogens with one attached hydrogen (secondary N) is 1. The van der Waals surface area contributed by atoms with Crippen LogP contribution in [0.1, 0.15) is 66.6 Å². The predicted octanol–water partition coefficient (Wildman–Crippen LogP) is 6.70. The number of para-hydroxylation sites is 1. The Labute approximate surface area is 266 Å². The first-order valence-corrected chi connectivity index (χ1v) is 15.9. The normalized spacial score (nSPS) is 23.9. The van der Waals surface area contributed by atoms with Crippen LogP contribution in [0.5, 0.6) is 17.2 Å². The van der Waals surface area contributed by atoms with E-state index in [0.29, 0.717) is 45.9 Å². The lowest BCUT2D eigenvalue weighted by Gasteiger charge is -2.30. The summed E-state index contributed by atoms with van der Waals surface area (Å²) in [6.45, 7) is 4.09. The molecule has 1 N–H and O–H groups in total. The summed E-state index contributed by atoms with van der Waals surface area (Å²) in [6, 6.07) is 13.3. The van der Waals surface area contributed by atoms with E-state index in [2.05, 4.69) is 20.9 Å². The van der Waals surface area contributed by atoms with Crippen molar-refractivity contribution in [1.29, 1.82) is 0 Å². The van der Waals surface area contributed by atoms with Crippen molar-refractivity contribution in [3.63, 3.8) is 0 Å². The first kappa shape index (κ1) is 29.7. The number of hydrogen-bond donors (Lipinski definition) is 1. The summed E-state index contributed by atoms with van der Waals surface area (Å²) in [5.41, 5.74) is 3.81. The molecule has 4 aromatic rings.